The van der Waals surface area contributed by atoms with Gasteiger partial charge in [-0.25, -0.2) is 0 Å². The van der Waals surface area contributed by atoms with Crippen molar-refractivity contribution in [2.75, 3.05) is 19.8 Å². The van der Waals surface area contributed by atoms with Gasteiger partial charge in [0.2, 0.25) is 12.1 Å². The zero-order valence-corrected chi connectivity index (χ0v) is 30.1. The summed E-state index contributed by atoms with van der Waals surface area (Å²) >= 11 is 0. The molecule has 0 aliphatic carbocycles. The lowest BCUT2D eigenvalue weighted by molar-refractivity contribution is -0.384. The lowest BCUT2D eigenvalue weighted by Gasteiger charge is -2.46. The average molecular weight is 721 g/mol. The molecule has 4 N–H and O–H groups in total. The van der Waals surface area contributed by atoms with Gasteiger partial charge in [-0.1, -0.05) is 78.6 Å². The normalized spacial score (nSPS) is 29.4. The average Bonchev–Trinajstić information content (AvgIpc) is 3.35. The van der Waals surface area contributed by atoms with Crippen LogP contribution >= 0.6 is 0 Å². The Labute approximate surface area is 295 Å². The molecule has 0 aromatic carbocycles. The molecule has 2 rings (SSSR count). The van der Waals surface area contributed by atoms with Crippen LogP contribution in [-0.2, 0) is 52.3 Å². The second-order valence-electron chi connectivity index (χ2n) is 13.0. The fraction of sp³-hybridized carbons (Fsp3) is 0.886. The summed E-state index contributed by atoms with van der Waals surface area (Å²) in [6.07, 6.45) is -3.08. The minimum atomic E-state index is -2.40. The number of rotatable bonds is 24. The molecule has 9 atom stereocenters. The second-order valence-corrected chi connectivity index (χ2v) is 13.0. The lowest BCUT2D eigenvalue weighted by atomic mass is 9.97. The number of aliphatic hydroxyl groups excluding tert-OH is 4. The molecule has 2 saturated heterocycles. The number of hydrogen-bond acceptors (Lipinski definition) is 15. The van der Waals surface area contributed by atoms with Gasteiger partial charge >= 0.3 is 23.9 Å². The molecule has 2 fully saturated rings. The Morgan fingerprint density at radius 1 is 0.600 bits per heavy atom. The van der Waals surface area contributed by atoms with E-state index in [4.69, 9.17) is 33.2 Å². The second kappa shape index (κ2) is 23.2. The first-order valence-corrected chi connectivity index (χ1v) is 18.3. The Morgan fingerprint density at radius 3 is 1.48 bits per heavy atom. The highest BCUT2D eigenvalue weighted by Crippen LogP contribution is 2.39. The minimum absolute atomic E-state index is 0.00664. The maximum atomic E-state index is 13.2. The monoisotopic (exact) mass is 720 g/mol. The molecule has 2 heterocycles. The molecule has 0 amide bonds. The van der Waals surface area contributed by atoms with Gasteiger partial charge in [0.1, 0.15) is 24.9 Å². The van der Waals surface area contributed by atoms with E-state index in [1.165, 1.54) is 0 Å². The van der Waals surface area contributed by atoms with Crippen molar-refractivity contribution < 1.29 is 72.8 Å². The third-order valence-electron chi connectivity index (χ3n) is 8.77. The Hall–Kier alpha value is -2.40. The van der Waals surface area contributed by atoms with E-state index >= 15 is 0 Å². The fourth-order valence-corrected chi connectivity index (χ4v) is 6.02. The van der Waals surface area contributed by atoms with Gasteiger partial charge in [-0.15, -0.1) is 0 Å². The Morgan fingerprint density at radius 2 is 1.06 bits per heavy atom. The summed E-state index contributed by atoms with van der Waals surface area (Å²) in [5.41, 5.74) is 0. The third-order valence-corrected chi connectivity index (χ3v) is 8.77. The summed E-state index contributed by atoms with van der Waals surface area (Å²) in [5, 5.41) is 42.1. The van der Waals surface area contributed by atoms with Crippen molar-refractivity contribution in [2.24, 2.45) is 0 Å². The molecule has 0 radical (unpaired) electrons. The molecule has 290 valence electrons. The molecule has 50 heavy (non-hydrogen) atoms. The molecular formula is C35H60O15. The number of ether oxygens (including phenoxy) is 7. The van der Waals surface area contributed by atoms with Crippen molar-refractivity contribution in [3.63, 3.8) is 0 Å². The van der Waals surface area contributed by atoms with Gasteiger partial charge in [0.05, 0.1) is 13.2 Å². The summed E-state index contributed by atoms with van der Waals surface area (Å²) in [4.78, 5) is 51.3. The Kier molecular flexibility index (Phi) is 20.3. The predicted molar refractivity (Wildman–Crippen MR) is 176 cm³/mol. The Balaban J connectivity index is 2.52. The van der Waals surface area contributed by atoms with E-state index in [9.17, 15) is 39.6 Å². The highest BCUT2D eigenvalue weighted by Gasteiger charge is 2.61. The lowest BCUT2D eigenvalue weighted by Crippen LogP contribution is -2.65. The van der Waals surface area contributed by atoms with Gasteiger partial charge in [-0.3, -0.25) is 19.2 Å². The van der Waals surface area contributed by atoms with Crippen LogP contribution in [-0.4, -0.2) is 119 Å². The number of carbonyl (C=O) groups excluding carboxylic acids is 4. The molecule has 15 nitrogen and oxygen atoms in total. The van der Waals surface area contributed by atoms with E-state index in [1.54, 1.807) is 0 Å². The molecular weight excluding hydrogens is 660 g/mol. The Bertz CT molecular complexity index is 1020. The van der Waals surface area contributed by atoms with E-state index < -0.39 is 98.5 Å². The van der Waals surface area contributed by atoms with Gasteiger partial charge in [0, 0.05) is 26.2 Å². The number of esters is 4. The van der Waals surface area contributed by atoms with Crippen LogP contribution in [0.25, 0.3) is 0 Å². The highest BCUT2D eigenvalue weighted by molar-refractivity contribution is 5.71. The van der Waals surface area contributed by atoms with Crippen LogP contribution in [0.3, 0.4) is 0 Å². The zero-order valence-electron chi connectivity index (χ0n) is 30.1. The summed E-state index contributed by atoms with van der Waals surface area (Å²) in [6, 6.07) is 0. The molecule has 0 aromatic heterocycles. The minimum Gasteiger partial charge on any atom is -0.457 e. The van der Waals surface area contributed by atoms with E-state index in [1.807, 2.05) is 20.8 Å². The quantitative estimate of drug-likeness (QED) is 0.0641. The summed E-state index contributed by atoms with van der Waals surface area (Å²) < 4.78 is 40.4. The van der Waals surface area contributed by atoms with Crippen molar-refractivity contribution in [1.29, 1.82) is 0 Å². The SMILES string of the molecule is CCCCCCC(=O)O[C@@H]1[C@@H](OC(=O)CCCCCC)[C@@H](O[C@]2(CO)O[C@H](CO)[C@@H](OC(C)=O)[C@@H]2O)O[C@H](CO)[C@H]1OC(=O)CCCCCC. The highest BCUT2D eigenvalue weighted by atomic mass is 16.8. The maximum absolute atomic E-state index is 13.2. The van der Waals surface area contributed by atoms with Crippen molar-refractivity contribution in [1.82, 2.24) is 0 Å². The predicted octanol–water partition coefficient (Wildman–Crippen LogP) is 2.74. The third kappa shape index (κ3) is 13.3. The number of hydrogen-bond donors (Lipinski definition) is 4. The number of aliphatic hydroxyl groups is 4. The molecule has 0 aromatic rings. The summed E-state index contributed by atoms with van der Waals surface area (Å²) in [6.45, 7) is 4.61. The van der Waals surface area contributed by atoms with Gasteiger partial charge in [0.15, 0.2) is 24.4 Å². The van der Waals surface area contributed by atoms with Gasteiger partial charge in [-0.05, 0) is 19.3 Å². The van der Waals surface area contributed by atoms with Crippen molar-refractivity contribution in [3.8, 4) is 0 Å². The van der Waals surface area contributed by atoms with Crippen LogP contribution in [0.1, 0.15) is 124 Å². The summed E-state index contributed by atoms with van der Waals surface area (Å²) in [5.74, 6) is -5.24. The standard InChI is InChI=1S/C35H60O15/c1-5-8-11-14-17-26(40)46-29-24(20-36)45-34(50-35(22-38)33(43)30(44-23(4)39)25(21-37)49-35)32(48-28(42)19-16-13-10-7-3)31(29)47-27(41)18-15-12-9-6-2/h24-25,29-34,36-38,43H,5-22H2,1-4H3/t24-,25-,29-,30-,31+,32-,33+,34-,35+/m1/s1. The van der Waals surface area contributed by atoms with Crippen molar-refractivity contribution >= 4 is 23.9 Å². The van der Waals surface area contributed by atoms with E-state index in [0.29, 0.717) is 19.3 Å². The van der Waals surface area contributed by atoms with E-state index in [2.05, 4.69) is 0 Å². The first-order chi connectivity index (χ1) is 24.0. The van der Waals surface area contributed by atoms with Crippen molar-refractivity contribution in [3.05, 3.63) is 0 Å². The molecule has 0 unspecified atom stereocenters. The summed E-state index contributed by atoms with van der Waals surface area (Å²) in [7, 11) is 0. The largest absolute Gasteiger partial charge is 0.457 e. The molecule has 0 bridgehead atoms. The van der Waals surface area contributed by atoms with Crippen LogP contribution < -0.4 is 0 Å². The van der Waals surface area contributed by atoms with Crippen LogP contribution in [0, 0.1) is 0 Å². The molecule has 2 aliphatic rings. The van der Waals surface area contributed by atoms with Crippen LogP contribution in [0.5, 0.6) is 0 Å². The fourth-order valence-electron chi connectivity index (χ4n) is 6.02. The van der Waals surface area contributed by atoms with E-state index in [-0.39, 0.29) is 19.3 Å². The van der Waals surface area contributed by atoms with Crippen LogP contribution in [0.2, 0.25) is 0 Å². The van der Waals surface area contributed by atoms with Gasteiger partial charge in [0.25, 0.3) is 0 Å². The molecule has 2 aliphatic heterocycles. The number of carbonyl (C=O) groups is 4. The first-order valence-electron chi connectivity index (χ1n) is 18.3. The van der Waals surface area contributed by atoms with Gasteiger partial charge < -0.3 is 53.6 Å². The topological polar surface area (TPSA) is 214 Å². The van der Waals surface area contributed by atoms with Crippen LogP contribution in [0.15, 0.2) is 0 Å². The molecule has 15 heteroatoms. The molecule has 0 saturated carbocycles. The maximum Gasteiger partial charge on any atom is 0.306 e. The molecule has 0 spiro atoms. The first kappa shape index (κ1) is 43.8. The van der Waals surface area contributed by atoms with Gasteiger partial charge in [-0.2, -0.15) is 0 Å². The zero-order chi connectivity index (χ0) is 37.1. The number of unbranched alkanes of at least 4 members (excludes halogenated alkanes) is 9. The smallest absolute Gasteiger partial charge is 0.306 e. The van der Waals surface area contributed by atoms with Crippen molar-refractivity contribution in [2.45, 2.75) is 179 Å². The van der Waals surface area contributed by atoms with E-state index in [0.717, 1.165) is 64.7 Å². The van der Waals surface area contributed by atoms with Crippen LogP contribution in [0.4, 0.5) is 0 Å².